The number of carbonyl (C=O) groups excluding carboxylic acids is 1. The van der Waals surface area contributed by atoms with Gasteiger partial charge < -0.3 is 4.90 Å². The van der Waals surface area contributed by atoms with Gasteiger partial charge in [0.05, 0.1) is 0 Å². The number of fused-ring (bicyclic) bond motifs is 2. The molecular formula is C22H34N2OS. The zero-order chi connectivity index (χ0) is 18.5. The molecule has 0 radical (unpaired) electrons. The summed E-state index contributed by atoms with van der Waals surface area (Å²) in [5.41, 5.74) is 2.14. The van der Waals surface area contributed by atoms with Crippen LogP contribution < -0.4 is 0 Å². The molecule has 0 spiro atoms. The van der Waals surface area contributed by atoms with E-state index >= 15 is 0 Å². The lowest BCUT2D eigenvalue weighted by atomic mass is 9.65. The molecule has 2 saturated heterocycles. The lowest BCUT2D eigenvalue weighted by molar-refractivity contribution is -0.138. The SMILES string of the molecule is Cc1ccsc1CN1CCC(C(=O)N2CC3(C)CC2CC(C)(C)C3)CC1. The summed E-state index contributed by atoms with van der Waals surface area (Å²) in [4.78, 5) is 19.6. The monoisotopic (exact) mass is 374 g/mol. The summed E-state index contributed by atoms with van der Waals surface area (Å²) in [6.45, 7) is 13.6. The maximum absolute atomic E-state index is 13.3. The zero-order valence-electron chi connectivity index (χ0n) is 16.9. The molecule has 2 atom stereocenters. The fourth-order valence-electron chi connectivity index (χ4n) is 6.06. The van der Waals surface area contributed by atoms with Gasteiger partial charge in [0.25, 0.3) is 0 Å². The molecule has 2 aliphatic heterocycles. The fraction of sp³-hybridized carbons (Fsp3) is 0.773. The molecule has 4 heteroatoms. The van der Waals surface area contributed by atoms with Crippen molar-refractivity contribution in [3.63, 3.8) is 0 Å². The van der Waals surface area contributed by atoms with Gasteiger partial charge in [-0.3, -0.25) is 9.69 Å². The summed E-state index contributed by atoms with van der Waals surface area (Å²) in [6.07, 6.45) is 5.74. The van der Waals surface area contributed by atoms with E-state index in [0.717, 1.165) is 39.0 Å². The van der Waals surface area contributed by atoms with Crippen molar-refractivity contribution in [2.45, 2.75) is 72.4 Å². The van der Waals surface area contributed by atoms with Gasteiger partial charge in [-0.05, 0) is 80.0 Å². The van der Waals surface area contributed by atoms with Gasteiger partial charge in [-0.25, -0.2) is 0 Å². The molecule has 1 saturated carbocycles. The first-order chi connectivity index (χ1) is 12.2. The highest BCUT2D eigenvalue weighted by atomic mass is 32.1. The van der Waals surface area contributed by atoms with Crippen LogP contribution >= 0.6 is 11.3 Å². The van der Waals surface area contributed by atoms with Crippen molar-refractivity contribution in [2.24, 2.45) is 16.7 Å². The van der Waals surface area contributed by atoms with E-state index in [0.29, 0.717) is 22.8 Å². The summed E-state index contributed by atoms with van der Waals surface area (Å²) >= 11 is 1.86. The van der Waals surface area contributed by atoms with Crippen LogP contribution in [-0.4, -0.2) is 41.4 Å². The molecule has 3 fully saturated rings. The van der Waals surface area contributed by atoms with Gasteiger partial charge in [-0.1, -0.05) is 20.8 Å². The van der Waals surface area contributed by atoms with E-state index in [2.05, 4.69) is 48.9 Å². The third kappa shape index (κ3) is 3.60. The molecule has 144 valence electrons. The van der Waals surface area contributed by atoms with Gasteiger partial charge in [0.1, 0.15) is 0 Å². The number of hydrogen-bond acceptors (Lipinski definition) is 3. The van der Waals surface area contributed by atoms with E-state index in [1.807, 2.05) is 11.3 Å². The van der Waals surface area contributed by atoms with Gasteiger partial charge in [0.2, 0.25) is 5.91 Å². The lowest BCUT2D eigenvalue weighted by Crippen LogP contribution is -2.44. The molecule has 1 amide bonds. The number of nitrogens with zero attached hydrogens (tertiary/aromatic N) is 2. The molecule has 4 rings (SSSR count). The fourth-order valence-corrected chi connectivity index (χ4v) is 7.01. The quantitative estimate of drug-likeness (QED) is 0.766. The molecule has 0 N–H and O–H groups in total. The molecule has 1 aromatic heterocycles. The average Bonchev–Trinajstić information content (AvgIpc) is 3.07. The molecule has 2 bridgehead atoms. The Hall–Kier alpha value is -0.870. The summed E-state index contributed by atoms with van der Waals surface area (Å²) in [5, 5.41) is 2.19. The number of piperidine rings is 1. The molecule has 26 heavy (non-hydrogen) atoms. The molecule has 3 heterocycles. The third-order valence-electron chi connectivity index (χ3n) is 6.97. The highest BCUT2D eigenvalue weighted by Crippen LogP contribution is 2.52. The summed E-state index contributed by atoms with van der Waals surface area (Å²) < 4.78 is 0. The Kier molecular flexibility index (Phi) is 4.71. The Labute approximate surface area is 162 Å². The molecule has 2 unspecified atom stereocenters. The molecule has 0 aromatic carbocycles. The Morgan fingerprint density at radius 3 is 2.62 bits per heavy atom. The number of thiophene rings is 1. The standard InChI is InChI=1S/C22H34N2OS/c1-16-7-10-26-19(16)13-23-8-5-17(6-9-23)20(25)24-15-22(4)12-18(24)11-21(2,3)14-22/h7,10,17-18H,5-6,8-9,11-15H2,1-4H3. The number of likely N-dealkylation sites (tertiary alicyclic amines) is 2. The molecule has 1 aromatic rings. The van der Waals surface area contributed by atoms with Crippen LogP contribution in [0.3, 0.4) is 0 Å². The number of rotatable bonds is 3. The number of amides is 1. The Morgan fingerprint density at radius 2 is 1.96 bits per heavy atom. The van der Waals surface area contributed by atoms with Crippen LogP contribution in [0.25, 0.3) is 0 Å². The van der Waals surface area contributed by atoms with Crippen LogP contribution in [0.2, 0.25) is 0 Å². The van der Waals surface area contributed by atoms with Crippen LogP contribution in [0, 0.1) is 23.7 Å². The Bertz CT molecular complexity index is 673. The number of aryl methyl sites for hydroxylation is 1. The van der Waals surface area contributed by atoms with Gasteiger partial charge in [-0.2, -0.15) is 0 Å². The average molecular weight is 375 g/mol. The van der Waals surface area contributed by atoms with E-state index in [1.165, 1.54) is 29.7 Å². The molecule has 3 aliphatic rings. The van der Waals surface area contributed by atoms with Crippen molar-refractivity contribution < 1.29 is 4.79 Å². The van der Waals surface area contributed by atoms with Crippen LogP contribution in [0.5, 0.6) is 0 Å². The van der Waals surface area contributed by atoms with Crippen LogP contribution in [0.15, 0.2) is 11.4 Å². The van der Waals surface area contributed by atoms with E-state index in [9.17, 15) is 4.79 Å². The normalized spacial score (nSPS) is 32.2. The van der Waals surface area contributed by atoms with E-state index in [-0.39, 0.29) is 5.92 Å². The largest absolute Gasteiger partial charge is 0.339 e. The van der Waals surface area contributed by atoms with Gasteiger partial charge in [0.15, 0.2) is 0 Å². The smallest absolute Gasteiger partial charge is 0.226 e. The van der Waals surface area contributed by atoms with Crippen molar-refractivity contribution in [3.05, 3.63) is 21.9 Å². The maximum Gasteiger partial charge on any atom is 0.226 e. The van der Waals surface area contributed by atoms with Gasteiger partial charge in [-0.15, -0.1) is 11.3 Å². The van der Waals surface area contributed by atoms with E-state index < -0.39 is 0 Å². The first-order valence-corrected chi connectivity index (χ1v) is 11.2. The van der Waals surface area contributed by atoms with Gasteiger partial charge >= 0.3 is 0 Å². The first-order valence-electron chi connectivity index (χ1n) is 10.3. The molecule has 3 nitrogen and oxygen atoms in total. The highest BCUT2D eigenvalue weighted by molar-refractivity contribution is 7.10. The minimum absolute atomic E-state index is 0.252. The van der Waals surface area contributed by atoms with E-state index in [1.54, 1.807) is 0 Å². The van der Waals surface area contributed by atoms with Gasteiger partial charge in [0, 0.05) is 29.9 Å². The zero-order valence-corrected chi connectivity index (χ0v) is 17.7. The predicted molar refractivity (Wildman–Crippen MR) is 108 cm³/mol. The summed E-state index contributed by atoms with van der Waals surface area (Å²) in [7, 11) is 0. The predicted octanol–water partition coefficient (Wildman–Crippen LogP) is 4.70. The highest BCUT2D eigenvalue weighted by Gasteiger charge is 2.51. The maximum atomic E-state index is 13.3. The summed E-state index contributed by atoms with van der Waals surface area (Å²) in [5.74, 6) is 0.713. The topological polar surface area (TPSA) is 23.6 Å². The number of hydrogen-bond donors (Lipinski definition) is 0. The van der Waals surface area contributed by atoms with E-state index in [4.69, 9.17) is 0 Å². The van der Waals surface area contributed by atoms with Crippen molar-refractivity contribution in [1.29, 1.82) is 0 Å². The Morgan fingerprint density at radius 1 is 1.23 bits per heavy atom. The van der Waals surface area contributed by atoms with Crippen LogP contribution in [-0.2, 0) is 11.3 Å². The van der Waals surface area contributed by atoms with Crippen LogP contribution in [0.1, 0.15) is 63.3 Å². The minimum atomic E-state index is 0.252. The minimum Gasteiger partial charge on any atom is -0.339 e. The number of carbonyl (C=O) groups is 1. The lowest BCUT2D eigenvalue weighted by Gasteiger charge is -2.40. The second-order valence-corrected chi connectivity index (χ2v) is 11.3. The second kappa shape index (κ2) is 6.63. The molecular weight excluding hydrogens is 340 g/mol. The molecule has 1 aliphatic carbocycles. The summed E-state index contributed by atoms with van der Waals surface area (Å²) in [6, 6.07) is 2.70. The Balaban J connectivity index is 1.35. The van der Waals surface area contributed by atoms with Crippen molar-refractivity contribution in [3.8, 4) is 0 Å². The second-order valence-electron chi connectivity index (χ2n) is 10.3. The third-order valence-corrected chi connectivity index (χ3v) is 7.98. The van der Waals surface area contributed by atoms with Crippen molar-refractivity contribution >= 4 is 17.2 Å². The van der Waals surface area contributed by atoms with Crippen molar-refractivity contribution in [1.82, 2.24) is 9.80 Å². The van der Waals surface area contributed by atoms with Crippen LogP contribution in [0.4, 0.5) is 0 Å². The van der Waals surface area contributed by atoms with Crippen molar-refractivity contribution in [2.75, 3.05) is 19.6 Å². The first kappa shape index (κ1) is 18.5.